The molecule has 1 aromatic heterocycles. The third kappa shape index (κ3) is 4.32. The van der Waals surface area contributed by atoms with Crippen LogP contribution in [0.1, 0.15) is 36.4 Å². The number of thioether (sulfide) groups is 1. The van der Waals surface area contributed by atoms with Crippen molar-refractivity contribution in [1.82, 2.24) is 9.62 Å². The molecule has 3 N–H and O–H groups in total. The molecule has 0 aliphatic carbocycles. The summed E-state index contributed by atoms with van der Waals surface area (Å²) in [6.45, 7) is 5.26. The summed E-state index contributed by atoms with van der Waals surface area (Å²) in [5.41, 5.74) is 5.74. The first kappa shape index (κ1) is 19.7. The lowest BCUT2D eigenvalue weighted by Gasteiger charge is -2.27. The number of nitrogens with two attached hydrogens (primary N) is 1. The van der Waals surface area contributed by atoms with Gasteiger partial charge in [-0.25, -0.2) is 8.42 Å². The third-order valence-electron chi connectivity index (χ3n) is 4.43. The monoisotopic (exact) mass is 391 g/mol. The van der Waals surface area contributed by atoms with E-state index in [-0.39, 0.29) is 15.7 Å². The maximum atomic E-state index is 12.8. The molecule has 24 heavy (non-hydrogen) atoms. The summed E-state index contributed by atoms with van der Waals surface area (Å²) in [7, 11) is -3.62. The highest BCUT2D eigenvalue weighted by atomic mass is 32.2. The smallest absolute Gasteiger partial charge is 0.262 e. The van der Waals surface area contributed by atoms with Gasteiger partial charge in [0, 0.05) is 36.7 Å². The summed E-state index contributed by atoms with van der Waals surface area (Å²) in [6.07, 6.45) is 1.48. The predicted octanol–water partition coefficient (Wildman–Crippen LogP) is 1.73. The van der Waals surface area contributed by atoms with E-state index in [0.717, 1.165) is 35.7 Å². The van der Waals surface area contributed by atoms with E-state index in [9.17, 15) is 13.2 Å². The van der Waals surface area contributed by atoms with Crippen LogP contribution in [0.15, 0.2) is 16.3 Å². The van der Waals surface area contributed by atoms with Crippen molar-refractivity contribution in [3.8, 4) is 0 Å². The fourth-order valence-corrected chi connectivity index (χ4v) is 6.32. The first-order valence-corrected chi connectivity index (χ1v) is 11.5. The maximum Gasteiger partial charge on any atom is 0.262 e. The topological polar surface area (TPSA) is 92.5 Å². The second-order valence-corrected chi connectivity index (χ2v) is 9.93. The Morgan fingerprint density at radius 2 is 1.96 bits per heavy atom. The lowest BCUT2D eigenvalue weighted by atomic mass is 9.94. The predicted molar refractivity (Wildman–Crippen MR) is 100 cm³/mol. The fourth-order valence-electron chi connectivity index (χ4n) is 2.43. The molecule has 2 heterocycles. The van der Waals surface area contributed by atoms with E-state index in [1.165, 1.54) is 10.4 Å². The van der Waals surface area contributed by atoms with Crippen LogP contribution in [0.5, 0.6) is 0 Å². The van der Waals surface area contributed by atoms with Crippen molar-refractivity contribution in [1.29, 1.82) is 0 Å². The van der Waals surface area contributed by atoms with Gasteiger partial charge in [0.25, 0.3) is 5.91 Å². The summed E-state index contributed by atoms with van der Waals surface area (Å²) in [6, 6.07) is 1.52. The molecule has 2 rings (SSSR count). The van der Waals surface area contributed by atoms with Gasteiger partial charge in [-0.1, -0.05) is 13.8 Å². The Balaban J connectivity index is 2.16. The molecule has 1 saturated heterocycles. The van der Waals surface area contributed by atoms with E-state index in [4.69, 9.17) is 5.73 Å². The second-order valence-electron chi connectivity index (χ2n) is 5.88. The van der Waals surface area contributed by atoms with E-state index in [1.807, 2.05) is 13.8 Å². The normalized spacial score (nSPS) is 17.0. The number of sulfonamides is 1. The van der Waals surface area contributed by atoms with Crippen LogP contribution in [-0.2, 0) is 10.0 Å². The van der Waals surface area contributed by atoms with Crippen LogP contribution in [0.3, 0.4) is 0 Å². The molecule has 0 unspecified atom stereocenters. The molecule has 0 atom stereocenters. The Morgan fingerprint density at radius 3 is 2.54 bits per heavy atom. The van der Waals surface area contributed by atoms with Crippen LogP contribution in [-0.4, -0.2) is 55.3 Å². The zero-order valence-electron chi connectivity index (χ0n) is 14.1. The number of hydrogen-bond acceptors (Lipinski definition) is 6. The van der Waals surface area contributed by atoms with Gasteiger partial charge in [0.15, 0.2) is 0 Å². The van der Waals surface area contributed by atoms with Gasteiger partial charge in [-0.05, 0) is 24.3 Å². The van der Waals surface area contributed by atoms with E-state index < -0.39 is 15.6 Å². The van der Waals surface area contributed by atoms with Crippen molar-refractivity contribution in [2.45, 2.75) is 37.1 Å². The summed E-state index contributed by atoms with van der Waals surface area (Å²) in [5.74, 6) is 1.20. The van der Waals surface area contributed by atoms with Crippen molar-refractivity contribution in [2.24, 2.45) is 5.73 Å². The van der Waals surface area contributed by atoms with Crippen LogP contribution < -0.4 is 11.1 Å². The first-order valence-electron chi connectivity index (χ1n) is 8.06. The Morgan fingerprint density at radius 1 is 1.33 bits per heavy atom. The van der Waals surface area contributed by atoms with Crippen LogP contribution >= 0.6 is 23.1 Å². The molecule has 0 spiro atoms. The van der Waals surface area contributed by atoms with E-state index in [0.29, 0.717) is 19.6 Å². The van der Waals surface area contributed by atoms with Crippen molar-refractivity contribution in [3.05, 3.63) is 16.3 Å². The molecule has 1 fully saturated rings. The lowest BCUT2D eigenvalue weighted by molar-refractivity contribution is 0.0943. The summed E-state index contributed by atoms with van der Waals surface area (Å²) < 4.78 is 27.1. The van der Waals surface area contributed by atoms with Gasteiger partial charge in [-0.15, -0.1) is 11.3 Å². The molecule has 0 radical (unpaired) electrons. The molecular weight excluding hydrogens is 366 g/mol. The van der Waals surface area contributed by atoms with Crippen LogP contribution in [0, 0.1) is 0 Å². The number of rotatable bonds is 7. The van der Waals surface area contributed by atoms with Gasteiger partial charge in [0.05, 0.1) is 0 Å². The van der Waals surface area contributed by atoms with E-state index in [2.05, 4.69) is 5.32 Å². The van der Waals surface area contributed by atoms with Crippen molar-refractivity contribution >= 4 is 39.0 Å². The summed E-state index contributed by atoms with van der Waals surface area (Å²) in [5, 5.41) is 4.45. The molecule has 1 aliphatic heterocycles. The standard InChI is InChI=1S/C15H25N3O3S3/c1-3-15(16,4-2)11-17-14(19)13-12(5-8-23-13)24(20,21)18-6-9-22-10-7-18/h5,8H,3-4,6-7,9-11,16H2,1-2H3,(H,17,19). The average molecular weight is 392 g/mol. The largest absolute Gasteiger partial charge is 0.349 e. The highest BCUT2D eigenvalue weighted by molar-refractivity contribution is 7.99. The van der Waals surface area contributed by atoms with Gasteiger partial charge in [-0.3, -0.25) is 4.79 Å². The number of carbonyl (C=O) groups is 1. The number of carbonyl (C=O) groups excluding carboxylic acids is 1. The molecule has 9 heteroatoms. The minimum absolute atomic E-state index is 0.104. The maximum absolute atomic E-state index is 12.8. The number of amides is 1. The number of thiophene rings is 1. The second kappa shape index (κ2) is 8.18. The molecular formula is C15H25N3O3S3. The molecule has 0 saturated carbocycles. The van der Waals surface area contributed by atoms with E-state index in [1.54, 1.807) is 17.1 Å². The molecule has 1 aliphatic rings. The minimum atomic E-state index is -3.62. The van der Waals surface area contributed by atoms with Crippen molar-refractivity contribution in [3.63, 3.8) is 0 Å². The van der Waals surface area contributed by atoms with Crippen molar-refractivity contribution < 1.29 is 13.2 Å². The first-order chi connectivity index (χ1) is 11.3. The zero-order valence-corrected chi connectivity index (χ0v) is 16.5. The van der Waals surface area contributed by atoms with Crippen LogP contribution in [0.25, 0.3) is 0 Å². The third-order valence-corrected chi connectivity index (χ3v) is 8.36. The van der Waals surface area contributed by atoms with Crippen LogP contribution in [0.2, 0.25) is 0 Å². The van der Waals surface area contributed by atoms with Gasteiger partial charge >= 0.3 is 0 Å². The van der Waals surface area contributed by atoms with Gasteiger partial charge in [-0.2, -0.15) is 16.1 Å². The number of nitrogens with one attached hydrogen (secondary N) is 1. The highest BCUT2D eigenvalue weighted by Crippen LogP contribution is 2.27. The summed E-state index contributed by atoms with van der Waals surface area (Å²) in [4.78, 5) is 12.8. The number of hydrogen-bond donors (Lipinski definition) is 2. The lowest BCUT2D eigenvalue weighted by Crippen LogP contribution is -2.49. The molecule has 0 aromatic carbocycles. The molecule has 0 bridgehead atoms. The Bertz CT molecular complexity index is 663. The van der Waals surface area contributed by atoms with Gasteiger partial charge in [0.1, 0.15) is 9.77 Å². The van der Waals surface area contributed by atoms with Crippen LogP contribution in [0.4, 0.5) is 0 Å². The molecule has 1 amide bonds. The quantitative estimate of drug-likeness (QED) is 0.738. The zero-order chi connectivity index (χ0) is 17.8. The molecule has 136 valence electrons. The molecule has 6 nitrogen and oxygen atoms in total. The van der Waals surface area contributed by atoms with E-state index >= 15 is 0 Å². The Hall–Kier alpha value is -0.610. The summed E-state index contributed by atoms with van der Waals surface area (Å²) >= 11 is 2.89. The average Bonchev–Trinajstić information content (AvgIpc) is 3.11. The van der Waals surface area contributed by atoms with Crippen molar-refractivity contribution in [2.75, 3.05) is 31.1 Å². The fraction of sp³-hybridized carbons (Fsp3) is 0.667. The Kier molecular flexibility index (Phi) is 6.72. The molecule has 1 aromatic rings. The number of nitrogens with zero attached hydrogens (tertiary/aromatic N) is 1. The highest BCUT2D eigenvalue weighted by Gasteiger charge is 2.31. The Labute approximate surface area is 152 Å². The SMILES string of the molecule is CCC(N)(CC)CNC(=O)c1sccc1S(=O)(=O)N1CCSCC1. The van der Waals surface area contributed by atoms with Gasteiger partial charge < -0.3 is 11.1 Å². The van der Waals surface area contributed by atoms with Gasteiger partial charge in [0.2, 0.25) is 10.0 Å². The minimum Gasteiger partial charge on any atom is -0.349 e.